The van der Waals surface area contributed by atoms with Gasteiger partial charge in [-0.25, -0.2) is 3.97 Å². The molecule has 38 heavy (non-hydrogen) atoms. The van der Waals surface area contributed by atoms with Crippen molar-refractivity contribution in [3.05, 3.63) is 77.1 Å². The molecule has 2 amide bonds. The largest absolute Gasteiger partial charge is 0.337 e. The van der Waals surface area contributed by atoms with E-state index in [1.54, 1.807) is 41.3 Å². The van der Waals surface area contributed by atoms with Gasteiger partial charge in [0.1, 0.15) is 5.70 Å². The monoisotopic (exact) mass is 538 g/mol. The van der Waals surface area contributed by atoms with Gasteiger partial charge in [0.15, 0.2) is 0 Å². The van der Waals surface area contributed by atoms with Gasteiger partial charge in [-0.3, -0.25) is 9.59 Å². The molecule has 9 heteroatoms. The van der Waals surface area contributed by atoms with Crippen molar-refractivity contribution in [2.45, 2.75) is 46.5 Å². The fraction of sp³-hybridized carbons (Fsp3) is 0.379. The van der Waals surface area contributed by atoms with E-state index >= 15 is 0 Å². The standard InChI is InChI=1S/C29H38N4O4S/c1-6-8-18-32(19-9-7-2)29(35)26(30-28(34)23-16-14-22(3)15-17-23)20-24-21-33(38(36,37)31(4)5)27-13-11-10-12-25(24)27/h10-17,20-21H,6-9,18-19H2,1-5H3,(H,30,34)/b26-20-. The number of benzene rings is 2. The van der Waals surface area contributed by atoms with Crippen LogP contribution in [-0.2, 0) is 15.0 Å². The van der Waals surface area contributed by atoms with Crippen LogP contribution in [0.3, 0.4) is 0 Å². The van der Waals surface area contributed by atoms with Crippen LogP contribution in [0.1, 0.15) is 61.0 Å². The Morgan fingerprint density at radius 3 is 2.13 bits per heavy atom. The molecule has 0 aliphatic heterocycles. The highest BCUT2D eigenvalue weighted by Crippen LogP contribution is 2.26. The molecule has 8 nitrogen and oxygen atoms in total. The Bertz CT molecular complexity index is 1400. The van der Waals surface area contributed by atoms with E-state index in [1.165, 1.54) is 24.3 Å². The maximum atomic E-state index is 13.8. The molecule has 1 N–H and O–H groups in total. The van der Waals surface area contributed by atoms with Gasteiger partial charge in [0.05, 0.1) is 5.52 Å². The number of nitrogens with one attached hydrogen (secondary N) is 1. The molecule has 3 rings (SSSR count). The summed E-state index contributed by atoms with van der Waals surface area (Å²) in [5.74, 6) is -0.695. The first-order valence-corrected chi connectivity index (χ1v) is 14.4. The van der Waals surface area contributed by atoms with E-state index in [2.05, 4.69) is 19.2 Å². The summed E-state index contributed by atoms with van der Waals surface area (Å²) < 4.78 is 28.4. The van der Waals surface area contributed by atoms with Crippen molar-refractivity contribution in [2.75, 3.05) is 27.2 Å². The van der Waals surface area contributed by atoms with Gasteiger partial charge in [-0.1, -0.05) is 62.6 Å². The highest BCUT2D eigenvalue weighted by Gasteiger charge is 2.24. The number of amides is 2. The molecule has 204 valence electrons. The van der Waals surface area contributed by atoms with Crippen LogP contribution in [0.4, 0.5) is 0 Å². The number of carbonyl (C=O) groups is 2. The second kappa shape index (κ2) is 12.9. The molecule has 2 aromatic carbocycles. The van der Waals surface area contributed by atoms with Crippen LogP contribution >= 0.6 is 0 Å². The van der Waals surface area contributed by atoms with Gasteiger partial charge in [-0.05, 0) is 44.0 Å². The summed E-state index contributed by atoms with van der Waals surface area (Å²) in [5.41, 5.74) is 2.56. The third-order valence-corrected chi connectivity index (χ3v) is 8.08. The topological polar surface area (TPSA) is 91.7 Å². The van der Waals surface area contributed by atoms with Crippen molar-refractivity contribution in [3.63, 3.8) is 0 Å². The Kier molecular flexibility index (Phi) is 9.88. The third-order valence-electron chi connectivity index (χ3n) is 6.36. The molecular formula is C29H38N4O4S. The molecule has 0 atom stereocenters. The van der Waals surface area contributed by atoms with E-state index in [0.717, 1.165) is 35.6 Å². The van der Waals surface area contributed by atoms with E-state index in [4.69, 9.17) is 0 Å². The summed E-state index contributed by atoms with van der Waals surface area (Å²) in [4.78, 5) is 28.8. The Morgan fingerprint density at radius 1 is 0.947 bits per heavy atom. The highest BCUT2D eigenvalue weighted by atomic mass is 32.2. The average molecular weight is 539 g/mol. The molecule has 0 aliphatic carbocycles. The zero-order chi connectivity index (χ0) is 27.9. The lowest BCUT2D eigenvalue weighted by molar-refractivity contribution is -0.127. The van der Waals surface area contributed by atoms with Crippen LogP contribution in [-0.4, -0.2) is 60.6 Å². The molecule has 0 unspecified atom stereocenters. The normalized spacial score (nSPS) is 12.2. The molecule has 1 aromatic heterocycles. The Balaban J connectivity index is 2.14. The molecule has 0 radical (unpaired) electrons. The number of hydrogen-bond acceptors (Lipinski definition) is 4. The lowest BCUT2D eigenvalue weighted by Crippen LogP contribution is -2.39. The quantitative estimate of drug-likeness (QED) is 0.335. The molecule has 0 bridgehead atoms. The number of aromatic nitrogens is 1. The number of hydrogen-bond donors (Lipinski definition) is 1. The second-order valence-electron chi connectivity index (χ2n) is 9.57. The van der Waals surface area contributed by atoms with E-state index in [-0.39, 0.29) is 11.6 Å². The fourth-order valence-corrected chi connectivity index (χ4v) is 5.05. The number of rotatable bonds is 12. The lowest BCUT2D eigenvalue weighted by atomic mass is 10.1. The predicted molar refractivity (Wildman–Crippen MR) is 153 cm³/mol. The molecule has 0 aliphatic rings. The molecule has 0 saturated heterocycles. The first-order chi connectivity index (χ1) is 18.1. The summed E-state index contributed by atoms with van der Waals surface area (Å²) in [6, 6.07) is 14.2. The second-order valence-corrected chi connectivity index (χ2v) is 11.6. The summed E-state index contributed by atoms with van der Waals surface area (Å²) in [5, 5.41) is 3.49. The fourth-order valence-electron chi connectivity index (χ4n) is 4.05. The summed E-state index contributed by atoms with van der Waals surface area (Å²) in [7, 11) is -0.875. The van der Waals surface area contributed by atoms with Gasteiger partial charge in [0.25, 0.3) is 11.8 Å². The van der Waals surface area contributed by atoms with Crippen LogP contribution in [0.2, 0.25) is 0 Å². The molecule has 1 heterocycles. The summed E-state index contributed by atoms with van der Waals surface area (Å²) in [6.07, 6.45) is 6.63. The minimum atomic E-state index is -3.81. The van der Waals surface area contributed by atoms with Crippen LogP contribution in [0.15, 0.2) is 60.4 Å². The van der Waals surface area contributed by atoms with Crippen LogP contribution in [0.5, 0.6) is 0 Å². The van der Waals surface area contributed by atoms with Gasteiger partial charge in [-0.15, -0.1) is 0 Å². The zero-order valence-corrected chi connectivity index (χ0v) is 23.7. The third kappa shape index (κ3) is 6.71. The number of aryl methyl sites for hydroxylation is 1. The molecule has 0 saturated carbocycles. The van der Waals surface area contributed by atoms with Crippen LogP contribution in [0.25, 0.3) is 17.0 Å². The summed E-state index contributed by atoms with van der Waals surface area (Å²) >= 11 is 0. The van der Waals surface area contributed by atoms with Crippen LogP contribution < -0.4 is 5.32 Å². The van der Waals surface area contributed by atoms with E-state index in [9.17, 15) is 18.0 Å². The number of para-hydroxylation sites is 1. The van der Waals surface area contributed by atoms with Crippen molar-refractivity contribution >= 4 is 39.0 Å². The minimum absolute atomic E-state index is 0.105. The zero-order valence-electron chi connectivity index (χ0n) is 22.9. The maximum Gasteiger partial charge on any atom is 0.307 e. The Labute approximate surface area is 226 Å². The molecule has 3 aromatic rings. The van der Waals surface area contributed by atoms with Gasteiger partial charge in [0.2, 0.25) is 0 Å². The van der Waals surface area contributed by atoms with Gasteiger partial charge in [-0.2, -0.15) is 12.7 Å². The lowest BCUT2D eigenvalue weighted by Gasteiger charge is -2.24. The van der Waals surface area contributed by atoms with Crippen molar-refractivity contribution in [1.29, 1.82) is 0 Å². The number of unbranched alkanes of at least 4 members (excludes halogenated alkanes) is 2. The van der Waals surface area contributed by atoms with E-state index in [0.29, 0.717) is 35.1 Å². The number of carbonyl (C=O) groups excluding carboxylic acids is 2. The smallest absolute Gasteiger partial charge is 0.307 e. The van der Waals surface area contributed by atoms with Crippen molar-refractivity contribution in [3.8, 4) is 0 Å². The summed E-state index contributed by atoms with van der Waals surface area (Å²) in [6.45, 7) is 7.22. The SMILES string of the molecule is CCCCN(CCCC)C(=O)/C(=C/c1cn(S(=O)(=O)N(C)C)c2ccccc12)NC(=O)c1ccc(C)cc1. The van der Waals surface area contributed by atoms with E-state index < -0.39 is 16.1 Å². The molecular weight excluding hydrogens is 500 g/mol. The number of nitrogens with zero attached hydrogens (tertiary/aromatic N) is 3. The predicted octanol–water partition coefficient (Wildman–Crippen LogP) is 4.80. The van der Waals surface area contributed by atoms with Crippen LogP contribution in [0, 0.1) is 6.92 Å². The maximum absolute atomic E-state index is 13.8. The first-order valence-electron chi connectivity index (χ1n) is 13.0. The van der Waals surface area contributed by atoms with Gasteiger partial charge < -0.3 is 10.2 Å². The van der Waals surface area contributed by atoms with Crippen molar-refractivity contribution in [1.82, 2.24) is 18.5 Å². The first kappa shape index (κ1) is 29.1. The average Bonchev–Trinajstić information content (AvgIpc) is 3.27. The molecule has 0 fully saturated rings. The minimum Gasteiger partial charge on any atom is -0.337 e. The molecule has 0 spiro atoms. The Hall–Kier alpha value is -3.43. The van der Waals surface area contributed by atoms with Crippen molar-refractivity contribution in [2.24, 2.45) is 0 Å². The Morgan fingerprint density at radius 2 is 1.55 bits per heavy atom. The number of fused-ring (bicyclic) bond motifs is 1. The van der Waals surface area contributed by atoms with Crippen molar-refractivity contribution < 1.29 is 18.0 Å². The van der Waals surface area contributed by atoms with Gasteiger partial charge in [0, 0.05) is 49.9 Å². The van der Waals surface area contributed by atoms with Gasteiger partial charge >= 0.3 is 10.2 Å². The highest BCUT2D eigenvalue weighted by molar-refractivity contribution is 7.87. The van der Waals surface area contributed by atoms with E-state index in [1.807, 2.05) is 25.1 Å².